The maximum atomic E-state index is 4.68. The zero-order chi connectivity index (χ0) is 10.6. The molecule has 0 spiro atoms. The fourth-order valence-electron chi connectivity index (χ4n) is 1.17. The van der Waals surface area contributed by atoms with Crippen molar-refractivity contribution in [2.45, 2.75) is 43.7 Å². The Kier molecular flexibility index (Phi) is 4.92. The molecule has 0 atom stereocenters. The number of nitrogens with one attached hydrogen (secondary N) is 1. The second kappa shape index (κ2) is 5.73. The van der Waals surface area contributed by atoms with Crippen LogP contribution in [-0.4, -0.2) is 12.0 Å². The van der Waals surface area contributed by atoms with Gasteiger partial charge in [-0.1, -0.05) is 27.2 Å². The Morgan fingerprint density at radius 3 is 2.71 bits per heavy atom. The van der Waals surface area contributed by atoms with Gasteiger partial charge in [0.05, 0.1) is 14.9 Å². The fourth-order valence-corrected chi connectivity index (χ4v) is 3.14. The fraction of sp³-hybridized carbons (Fsp3) is 0.700. The van der Waals surface area contributed by atoms with Crippen molar-refractivity contribution in [3.05, 3.63) is 10.7 Å². The third-order valence-corrected chi connectivity index (χ3v) is 4.17. The van der Waals surface area contributed by atoms with E-state index in [9.17, 15) is 0 Å². The van der Waals surface area contributed by atoms with Crippen LogP contribution in [0.15, 0.2) is 4.21 Å². The normalized spacial score (nSPS) is 11.2. The Balaban J connectivity index is 2.87. The van der Waals surface area contributed by atoms with Crippen molar-refractivity contribution in [2.75, 3.05) is 7.05 Å². The quantitative estimate of drug-likeness (QED) is 0.784. The Morgan fingerprint density at radius 2 is 2.21 bits per heavy atom. The van der Waals surface area contributed by atoms with E-state index in [0.717, 1.165) is 6.42 Å². The predicted molar refractivity (Wildman–Crippen MR) is 65.1 cm³/mol. The second-order valence-corrected chi connectivity index (χ2v) is 5.81. The smallest absolute Gasteiger partial charge is 0.0984 e. The van der Waals surface area contributed by atoms with Crippen LogP contribution in [0.1, 0.15) is 43.8 Å². The molecule has 1 aromatic heterocycles. The number of rotatable bonds is 5. The minimum absolute atomic E-state index is 0.543. The van der Waals surface area contributed by atoms with E-state index in [-0.39, 0.29) is 0 Å². The van der Waals surface area contributed by atoms with E-state index in [0.29, 0.717) is 5.92 Å². The first kappa shape index (κ1) is 12.0. The van der Waals surface area contributed by atoms with Crippen molar-refractivity contribution < 1.29 is 0 Å². The highest BCUT2D eigenvalue weighted by atomic mass is 32.2. The largest absolute Gasteiger partial charge is 0.262 e. The van der Waals surface area contributed by atoms with Crippen LogP contribution in [0.2, 0.25) is 0 Å². The van der Waals surface area contributed by atoms with Crippen molar-refractivity contribution in [2.24, 2.45) is 0 Å². The first-order chi connectivity index (χ1) is 6.69. The van der Waals surface area contributed by atoms with Crippen LogP contribution < -0.4 is 4.72 Å². The summed E-state index contributed by atoms with van der Waals surface area (Å²) in [5.74, 6) is 0.543. The summed E-state index contributed by atoms with van der Waals surface area (Å²) in [6.07, 6.45) is 2.26. The summed E-state index contributed by atoms with van der Waals surface area (Å²) >= 11 is 3.51. The molecule has 0 aliphatic heterocycles. The Morgan fingerprint density at radius 1 is 1.50 bits per heavy atom. The Hall–Kier alpha value is -0.0600. The molecule has 1 N–H and O–H groups in total. The molecule has 0 radical (unpaired) electrons. The number of aromatic nitrogens is 1. The second-order valence-electron chi connectivity index (χ2n) is 3.50. The standard InChI is InChI=1S/C10H18N2S2/c1-5-6-8-10(14-11-4)13-9(12-8)7(2)3/h7,11H,5-6H2,1-4H3. The van der Waals surface area contributed by atoms with E-state index in [1.807, 2.05) is 18.4 Å². The van der Waals surface area contributed by atoms with Crippen LogP contribution >= 0.6 is 23.3 Å². The molecule has 0 aliphatic rings. The van der Waals surface area contributed by atoms with Crippen LogP contribution in [0.3, 0.4) is 0 Å². The van der Waals surface area contributed by atoms with E-state index in [4.69, 9.17) is 0 Å². The van der Waals surface area contributed by atoms with Gasteiger partial charge in [0.15, 0.2) is 0 Å². The molecule has 0 fully saturated rings. The summed E-state index contributed by atoms with van der Waals surface area (Å²) in [7, 11) is 1.95. The number of thiazole rings is 1. The van der Waals surface area contributed by atoms with Gasteiger partial charge < -0.3 is 0 Å². The minimum Gasteiger partial charge on any atom is -0.262 e. The molecular weight excluding hydrogens is 212 g/mol. The molecule has 0 bridgehead atoms. The highest BCUT2D eigenvalue weighted by Crippen LogP contribution is 2.31. The van der Waals surface area contributed by atoms with Gasteiger partial charge in [-0.2, -0.15) is 0 Å². The van der Waals surface area contributed by atoms with E-state index < -0.39 is 0 Å². The van der Waals surface area contributed by atoms with Crippen LogP contribution in [0.5, 0.6) is 0 Å². The molecule has 4 heteroatoms. The summed E-state index contributed by atoms with van der Waals surface area (Å²) in [5.41, 5.74) is 1.26. The SMILES string of the molecule is CCCc1nc(C(C)C)sc1SNC. The first-order valence-electron chi connectivity index (χ1n) is 5.02. The van der Waals surface area contributed by atoms with Gasteiger partial charge in [0.1, 0.15) is 0 Å². The summed E-state index contributed by atoms with van der Waals surface area (Å²) < 4.78 is 4.45. The molecule has 0 saturated heterocycles. The third kappa shape index (κ3) is 2.97. The number of aryl methyl sites for hydroxylation is 1. The summed E-state index contributed by atoms with van der Waals surface area (Å²) in [6.45, 7) is 6.59. The molecule has 0 aromatic carbocycles. The van der Waals surface area contributed by atoms with Gasteiger partial charge in [-0.3, -0.25) is 4.72 Å². The minimum atomic E-state index is 0.543. The van der Waals surface area contributed by atoms with Gasteiger partial charge >= 0.3 is 0 Å². The highest BCUT2D eigenvalue weighted by molar-refractivity contribution is 7.99. The van der Waals surface area contributed by atoms with Crippen molar-refractivity contribution in [1.82, 2.24) is 9.71 Å². The predicted octanol–water partition coefficient (Wildman–Crippen LogP) is 3.45. The number of hydrogen-bond donors (Lipinski definition) is 1. The lowest BCUT2D eigenvalue weighted by atomic mass is 10.2. The Labute approximate surface area is 94.7 Å². The van der Waals surface area contributed by atoms with Crippen molar-refractivity contribution in [3.63, 3.8) is 0 Å². The third-order valence-electron chi connectivity index (χ3n) is 1.85. The van der Waals surface area contributed by atoms with E-state index in [1.54, 1.807) is 11.9 Å². The average molecular weight is 230 g/mol. The molecule has 1 heterocycles. The van der Waals surface area contributed by atoms with Gasteiger partial charge in [-0.15, -0.1) is 11.3 Å². The van der Waals surface area contributed by atoms with Crippen LogP contribution in [0, 0.1) is 0 Å². The molecule has 14 heavy (non-hydrogen) atoms. The van der Waals surface area contributed by atoms with Crippen LogP contribution in [0.25, 0.3) is 0 Å². The molecule has 0 saturated carbocycles. The van der Waals surface area contributed by atoms with E-state index >= 15 is 0 Å². The van der Waals surface area contributed by atoms with Crippen LogP contribution in [0.4, 0.5) is 0 Å². The van der Waals surface area contributed by atoms with Gasteiger partial charge in [0, 0.05) is 5.92 Å². The monoisotopic (exact) mass is 230 g/mol. The molecule has 0 amide bonds. The van der Waals surface area contributed by atoms with Crippen LogP contribution in [-0.2, 0) is 6.42 Å². The highest BCUT2D eigenvalue weighted by Gasteiger charge is 2.12. The maximum Gasteiger partial charge on any atom is 0.0984 e. The van der Waals surface area contributed by atoms with Gasteiger partial charge in [0.25, 0.3) is 0 Å². The topological polar surface area (TPSA) is 24.9 Å². The summed E-state index contributed by atoms with van der Waals surface area (Å²) in [4.78, 5) is 4.68. The maximum absolute atomic E-state index is 4.68. The lowest BCUT2D eigenvalue weighted by Gasteiger charge is -1.97. The first-order valence-corrected chi connectivity index (χ1v) is 6.65. The molecule has 2 nitrogen and oxygen atoms in total. The van der Waals surface area contributed by atoms with E-state index in [1.165, 1.54) is 21.3 Å². The number of nitrogens with zero attached hydrogens (tertiary/aromatic N) is 1. The van der Waals surface area contributed by atoms with Crippen molar-refractivity contribution in [3.8, 4) is 0 Å². The molecule has 0 aliphatic carbocycles. The Bertz CT molecular complexity index is 258. The molecular formula is C10H18N2S2. The average Bonchev–Trinajstić information content (AvgIpc) is 2.50. The molecule has 1 rings (SSSR count). The zero-order valence-electron chi connectivity index (χ0n) is 9.26. The molecule has 0 unspecified atom stereocenters. The van der Waals surface area contributed by atoms with Gasteiger partial charge in [0.2, 0.25) is 0 Å². The summed E-state index contributed by atoms with van der Waals surface area (Å²) in [6, 6.07) is 0. The van der Waals surface area contributed by atoms with Gasteiger partial charge in [-0.25, -0.2) is 4.98 Å². The van der Waals surface area contributed by atoms with Crippen molar-refractivity contribution in [1.29, 1.82) is 0 Å². The number of hydrogen-bond acceptors (Lipinski definition) is 4. The van der Waals surface area contributed by atoms with E-state index in [2.05, 4.69) is 30.5 Å². The lowest BCUT2D eigenvalue weighted by Crippen LogP contribution is -1.93. The molecule has 1 aromatic rings. The lowest BCUT2D eigenvalue weighted by molar-refractivity contribution is 0.816. The molecule has 80 valence electrons. The van der Waals surface area contributed by atoms with Gasteiger partial charge in [-0.05, 0) is 25.4 Å². The zero-order valence-corrected chi connectivity index (χ0v) is 10.9. The van der Waals surface area contributed by atoms with Crippen molar-refractivity contribution >= 4 is 23.3 Å². The summed E-state index contributed by atoms with van der Waals surface area (Å²) in [5, 5.41) is 1.26.